The van der Waals surface area contributed by atoms with Crippen LogP contribution in [0.5, 0.6) is 0 Å². The van der Waals surface area contributed by atoms with E-state index in [1.54, 1.807) is 0 Å². The van der Waals surface area contributed by atoms with Gasteiger partial charge in [-0.05, 0) is 0 Å². The first kappa shape index (κ1) is 13.9. The second kappa shape index (κ2) is 7.22. The van der Waals surface area contributed by atoms with Crippen molar-refractivity contribution in [2.75, 3.05) is 0 Å². The molecule has 2 rings (SSSR count). The number of allylic oxidation sites excluding steroid dienone is 8. The molecule has 0 spiro atoms. The van der Waals surface area contributed by atoms with Crippen molar-refractivity contribution in [2.45, 2.75) is 12.8 Å². The van der Waals surface area contributed by atoms with E-state index in [-0.39, 0.29) is 37.7 Å². The Bertz CT molecular complexity index is 233. The molecule has 0 atom stereocenters. The molecule has 0 unspecified atom stereocenters. The summed E-state index contributed by atoms with van der Waals surface area (Å²) in [6.07, 6.45) is 19.4. The molecule has 0 radical (unpaired) electrons. The SMILES string of the molecule is C1=CC[C-]([C-]2C=CC=CC2)C=C1.[Li+].[Li+]. The molecule has 0 nitrogen and oxygen atoms in total. The van der Waals surface area contributed by atoms with Crippen molar-refractivity contribution in [3.05, 3.63) is 60.4 Å². The number of rotatable bonds is 1. The average molecular weight is 170 g/mol. The van der Waals surface area contributed by atoms with E-state index < -0.39 is 0 Å². The van der Waals surface area contributed by atoms with Crippen molar-refractivity contribution < 1.29 is 37.7 Å². The molecule has 0 aromatic heterocycles. The molecule has 0 aromatic carbocycles. The molecular weight excluding hydrogens is 158 g/mol. The van der Waals surface area contributed by atoms with E-state index in [0.29, 0.717) is 0 Å². The molecule has 2 aliphatic rings. The molecule has 0 saturated heterocycles. The average Bonchev–Trinajstić information content (AvgIpc) is 2.21. The molecule has 0 amide bonds. The van der Waals surface area contributed by atoms with Crippen LogP contribution in [0.4, 0.5) is 0 Å². The molecular formula is C12H12Li2. The molecule has 2 aliphatic carbocycles. The Labute approximate surface area is 111 Å². The Balaban J connectivity index is 0.000000845. The van der Waals surface area contributed by atoms with Crippen molar-refractivity contribution in [2.24, 2.45) is 0 Å². The van der Waals surface area contributed by atoms with Gasteiger partial charge in [0.2, 0.25) is 0 Å². The zero-order valence-electron chi connectivity index (χ0n) is 9.03. The molecule has 0 N–H and O–H groups in total. The maximum absolute atomic E-state index is 2.21. The van der Waals surface area contributed by atoms with E-state index in [9.17, 15) is 0 Å². The standard InChI is InChI=1S/C12H12.2Li/c1-3-7-11(8-4-1)12-9-5-2-6-10-12;;/h1-7,9H,8,10H2;;/q-2;2*+1. The summed E-state index contributed by atoms with van der Waals surface area (Å²) in [5.41, 5.74) is 0. The molecule has 0 heterocycles. The van der Waals surface area contributed by atoms with Gasteiger partial charge in [-0.25, -0.2) is 24.3 Å². The number of hydrogen-bond acceptors (Lipinski definition) is 0. The topological polar surface area (TPSA) is 0 Å². The van der Waals surface area contributed by atoms with Gasteiger partial charge < -0.3 is 0 Å². The Morgan fingerprint density at radius 1 is 0.643 bits per heavy atom. The van der Waals surface area contributed by atoms with Gasteiger partial charge in [0.1, 0.15) is 0 Å². The Hall–Kier alpha value is -0.105. The van der Waals surface area contributed by atoms with Crippen molar-refractivity contribution >= 4 is 0 Å². The third-order valence-electron chi connectivity index (χ3n) is 2.18. The minimum absolute atomic E-state index is 0. The molecule has 2 heteroatoms. The molecule has 0 bridgehead atoms. The summed E-state index contributed by atoms with van der Waals surface area (Å²) in [4.78, 5) is 0. The van der Waals surface area contributed by atoms with Gasteiger partial charge in [-0.1, -0.05) is 12.8 Å². The van der Waals surface area contributed by atoms with Crippen LogP contribution in [0.3, 0.4) is 0 Å². The van der Waals surface area contributed by atoms with Crippen LogP contribution in [0, 0.1) is 11.8 Å². The molecule has 0 saturated carbocycles. The van der Waals surface area contributed by atoms with Crippen LogP contribution in [0.1, 0.15) is 12.8 Å². The zero-order valence-corrected chi connectivity index (χ0v) is 9.03. The predicted octanol–water partition coefficient (Wildman–Crippen LogP) is -2.82. The van der Waals surface area contributed by atoms with Crippen LogP contribution in [-0.4, -0.2) is 0 Å². The molecule has 0 aliphatic heterocycles. The van der Waals surface area contributed by atoms with Gasteiger partial charge in [0.05, 0.1) is 0 Å². The van der Waals surface area contributed by atoms with E-state index in [1.165, 1.54) is 11.8 Å². The molecule has 0 aromatic rings. The van der Waals surface area contributed by atoms with Gasteiger partial charge in [0, 0.05) is 0 Å². The summed E-state index contributed by atoms with van der Waals surface area (Å²) >= 11 is 0. The largest absolute Gasteiger partial charge is 1.00 e. The summed E-state index contributed by atoms with van der Waals surface area (Å²) in [5.74, 6) is 2.91. The third kappa shape index (κ3) is 3.57. The van der Waals surface area contributed by atoms with Crippen molar-refractivity contribution in [3.63, 3.8) is 0 Å². The fourth-order valence-corrected chi connectivity index (χ4v) is 1.50. The normalized spacial score (nSPS) is 17.7. The van der Waals surface area contributed by atoms with Gasteiger partial charge in [-0.3, -0.25) is 11.8 Å². The summed E-state index contributed by atoms with van der Waals surface area (Å²) < 4.78 is 0. The second-order valence-corrected chi connectivity index (χ2v) is 3.03. The van der Waals surface area contributed by atoms with E-state index >= 15 is 0 Å². The van der Waals surface area contributed by atoms with E-state index in [1.807, 2.05) is 0 Å². The van der Waals surface area contributed by atoms with Crippen LogP contribution < -0.4 is 37.7 Å². The van der Waals surface area contributed by atoms with Crippen LogP contribution in [-0.2, 0) is 0 Å². The van der Waals surface area contributed by atoms with Gasteiger partial charge in [0.25, 0.3) is 0 Å². The zero-order chi connectivity index (χ0) is 8.23. The van der Waals surface area contributed by atoms with E-state index in [2.05, 4.69) is 48.6 Å². The Morgan fingerprint density at radius 3 is 1.36 bits per heavy atom. The maximum atomic E-state index is 2.21. The Morgan fingerprint density at radius 2 is 1.07 bits per heavy atom. The first-order valence-corrected chi connectivity index (χ1v) is 4.35. The van der Waals surface area contributed by atoms with Crippen molar-refractivity contribution in [1.82, 2.24) is 0 Å². The summed E-state index contributed by atoms with van der Waals surface area (Å²) in [6.45, 7) is 0. The summed E-state index contributed by atoms with van der Waals surface area (Å²) in [7, 11) is 0. The first-order valence-electron chi connectivity index (χ1n) is 4.35. The third-order valence-corrected chi connectivity index (χ3v) is 2.18. The fraction of sp³-hybridized carbons (Fsp3) is 0.167. The van der Waals surface area contributed by atoms with Gasteiger partial charge in [-0.15, -0.1) is 24.3 Å². The first-order chi connectivity index (χ1) is 5.97. The molecule has 0 fully saturated rings. The summed E-state index contributed by atoms with van der Waals surface area (Å²) in [5, 5.41) is 0. The van der Waals surface area contributed by atoms with Crippen molar-refractivity contribution in [3.8, 4) is 0 Å². The van der Waals surface area contributed by atoms with E-state index in [0.717, 1.165) is 12.8 Å². The van der Waals surface area contributed by atoms with E-state index in [4.69, 9.17) is 0 Å². The van der Waals surface area contributed by atoms with Crippen LogP contribution in [0.2, 0.25) is 0 Å². The van der Waals surface area contributed by atoms with Gasteiger partial charge in [-0.2, -0.15) is 0 Å². The minimum Gasteiger partial charge on any atom is -0.271 e. The van der Waals surface area contributed by atoms with Gasteiger partial charge in [0.15, 0.2) is 0 Å². The fourth-order valence-electron chi connectivity index (χ4n) is 1.50. The quantitative estimate of drug-likeness (QED) is 0.294. The van der Waals surface area contributed by atoms with Crippen LogP contribution in [0.25, 0.3) is 0 Å². The van der Waals surface area contributed by atoms with Crippen molar-refractivity contribution in [1.29, 1.82) is 0 Å². The molecule has 62 valence electrons. The smallest absolute Gasteiger partial charge is 0.271 e. The summed E-state index contributed by atoms with van der Waals surface area (Å²) in [6, 6.07) is 0. The Kier molecular flexibility index (Phi) is 7.17. The number of hydrogen-bond donors (Lipinski definition) is 0. The second-order valence-electron chi connectivity index (χ2n) is 3.03. The predicted molar refractivity (Wildman–Crippen MR) is 52.3 cm³/mol. The minimum atomic E-state index is 0. The molecule has 14 heavy (non-hydrogen) atoms. The monoisotopic (exact) mass is 170 g/mol. The van der Waals surface area contributed by atoms with Crippen LogP contribution >= 0.6 is 0 Å². The van der Waals surface area contributed by atoms with Crippen LogP contribution in [0.15, 0.2) is 48.6 Å². The maximum Gasteiger partial charge on any atom is 1.00 e. The van der Waals surface area contributed by atoms with Gasteiger partial charge >= 0.3 is 37.7 Å².